The van der Waals surface area contributed by atoms with E-state index in [1.54, 1.807) is 11.3 Å². The van der Waals surface area contributed by atoms with E-state index in [0.717, 1.165) is 10.5 Å². The Morgan fingerprint density at radius 2 is 2.05 bits per heavy atom. The molecule has 0 aliphatic carbocycles. The van der Waals surface area contributed by atoms with E-state index >= 15 is 0 Å². The van der Waals surface area contributed by atoms with Gasteiger partial charge in [0.2, 0.25) is 10.5 Å². The summed E-state index contributed by atoms with van der Waals surface area (Å²) in [4.78, 5) is 0. The number of hydrogen-bond donors (Lipinski definition) is 1. The number of thiazole rings is 1. The van der Waals surface area contributed by atoms with Crippen molar-refractivity contribution >= 4 is 31.7 Å². The molecule has 2 rings (SSSR count). The van der Waals surface area contributed by atoms with Crippen molar-refractivity contribution < 1.29 is 17.5 Å². The smallest absolute Gasteiger partial charge is 0.267 e. The van der Waals surface area contributed by atoms with Crippen LogP contribution in [0.5, 0.6) is 0 Å². The molecule has 2 aromatic rings. The summed E-state index contributed by atoms with van der Waals surface area (Å²) in [7, 11) is -3.94. The fraction of sp³-hybridized carbons (Fsp3) is 0.462. The van der Waals surface area contributed by atoms with E-state index < -0.39 is 15.4 Å². The highest BCUT2D eigenvalue weighted by molar-refractivity contribution is 7.86. The fourth-order valence-corrected chi connectivity index (χ4v) is 3.48. The minimum atomic E-state index is -3.94. The van der Waals surface area contributed by atoms with Crippen LogP contribution < -0.4 is 4.57 Å². The first-order chi connectivity index (χ1) is 8.79. The molecular weight excluding hydrogens is 282 g/mol. The lowest BCUT2D eigenvalue weighted by Gasteiger charge is -2.05. The van der Waals surface area contributed by atoms with E-state index in [2.05, 4.69) is 22.8 Å². The molecule has 0 aliphatic rings. The highest BCUT2D eigenvalue weighted by Crippen LogP contribution is 2.21. The number of benzene rings is 1. The van der Waals surface area contributed by atoms with Crippen molar-refractivity contribution in [3.8, 4) is 0 Å². The molecule has 0 radical (unpaired) electrons. The van der Waals surface area contributed by atoms with Gasteiger partial charge in [-0.25, -0.2) is 0 Å². The first-order valence-electron chi connectivity index (χ1n) is 6.15. The summed E-state index contributed by atoms with van der Waals surface area (Å²) in [5.74, 6) is 0. The van der Waals surface area contributed by atoms with Gasteiger partial charge >= 0.3 is 0 Å². The van der Waals surface area contributed by atoms with E-state index in [4.69, 9.17) is 4.55 Å². The average molecular weight is 300 g/mol. The molecule has 0 aliphatic heterocycles. The molecule has 0 fully saturated rings. The van der Waals surface area contributed by atoms with Gasteiger partial charge in [0.05, 0.1) is 5.25 Å². The van der Waals surface area contributed by atoms with Gasteiger partial charge in [0.25, 0.3) is 10.1 Å². The molecule has 0 saturated heterocycles. The Morgan fingerprint density at radius 3 is 2.68 bits per heavy atom. The third-order valence-corrected chi connectivity index (χ3v) is 5.64. The van der Waals surface area contributed by atoms with Crippen LogP contribution in [-0.2, 0) is 16.7 Å². The zero-order valence-electron chi connectivity index (χ0n) is 11.3. The monoisotopic (exact) mass is 300 g/mol. The number of aryl methyl sites for hydroxylation is 3. The van der Waals surface area contributed by atoms with Gasteiger partial charge in [-0.3, -0.25) is 4.55 Å². The van der Waals surface area contributed by atoms with Crippen LogP contribution in [0.2, 0.25) is 0 Å². The van der Waals surface area contributed by atoms with Crippen LogP contribution in [0.4, 0.5) is 0 Å². The number of rotatable bonds is 4. The molecule has 1 N–H and O–H groups in total. The second kappa shape index (κ2) is 5.19. The predicted octanol–water partition coefficient (Wildman–Crippen LogP) is 2.47. The lowest BCUT2D eigenvalue weighted by molar-refractivity contribution is -0.673. The zero-order valence-corrected chi connectivity index (χ0v) is 12.9. The molecule has 1 unspecified atom stereocenters. The van der Waals surface area contributed by atoms with Crippen molar-refractivity contribution in [3.63, 3.8) is 0 Å². The van der Waals surface area contributed by atoms with E-state index in [0.29, 0.717) is 13.0 Å². The van der Waals surface area contributed by atoms with Gasteiger partial charge in [0.1, 0.15) is 4.70 Å². The molecule has 4 nitrogen and oxygen atoms in total. The van der Waals surface area contributed by atoms with Crippen LogP contribution in [-0.4, -0.2) is 18.2 Å². The van der Waals surface area contributed by atoms with E-state index in [9.17, 15) is 8.42 Å². The molecule has 1 heterocycles. The highest BCUT2D eigenvalue weighted by Gasteiger charge is 2.22. The van der Waals surface area contributed by atoms with Crippen molar-refractivity contribution in [1.29, 1.82) is 0 Å². The first kappa shape index (κ1) is 14.4. The van der Waals surface area contributed by atoms with Gasteiger partial charge < -0.3 is 0 Å². The van der Waals surface area contributed by atoms with Gasteiger partial charge in [0.15, 0.2) is 6.54 Å². The molecule has 1 atom stereocenters. The van der Waals surface area contributed by atoms with Gasteiger partial charge in [-0.2, -0.15) is 13.0 Å². The Hall–Kier alpha value is -0.980. The van der Waals surface area contributed by atoms with Crippen LogP contribution in [0.25, 0.3) is 10.2 Å². The summed E-state index contributed by atoms with van der Waals surface area (Å²) in [6, 6.07) is 6.27. The normalized spacial score (nSPS) is 13.9. The molecular formula is C13H18NO3S2+. The largest absolute Gasteiger partial charge is 0.285 e. The molecule has 0 bridgehead atoms. The average Bonchev–Trinajstić information content (AvgIpc) is 2.60. The van der Waals surface area contributed by atoms with E-state index in [-0.39, 0.29) is 0 Å². The third kappa shape index (κ3) is 3.13. The van der Waals surface area contributed by atoms with E-state index in [1.807, 2.05) is 13.8 Å². The minimum Gasteiger partial charge on any atom is -0.285 e. The van der Waals surface area contributed by atoms with Gasteiger partial charge in [-0.15, -0.1) is 0 Å². The lowest BCUT2D eigenvalue weighted by Crippen LogP contribution is -2.37. The molecule has 1 aromatic carbocycles. The molecule has 1 aromatic heterocycles. The van der Waals surface area contributed by atoms with Gasteiger partial charge in [-0.05, 0) is 25.5 Å². The maximum Gasteiger partial charge on any atom is 0.267 e. The lowest BCUT2D eigenvalue weighted by atomic mass is 10.2. The van der Waals surface area contributed by atoms with Crippen LogP contribution in [0.1, 0.15) is 23.9 Å². The molecule has 104 valence electrons. The van der Waals surface area contributed by atoms with Crippen LogP contribution in [0.15, 0.2) is 18.2 Å². The van der Waals surface area contributed by atoms with Crippen LogP contribution >= 0.6 is 11.3 Å². The second-order valence-electron chi connectivity index (χ2n) is 4.86. The zero-order chi connectivity index (χ0) is 14.2. The second-order valence-corrected chi connectivity index (χ2v) is 7.93. The summed E-state index contributed by atoms with van der Waals surface area (Å²) >= 11 is 1.70. The topological polar surface area (TPSA) is 58.2 Å². The SMILES string of the molecule is Cc1ccc2sc(C)[n+](CCC(C)S(=O)(=O)O)c2c1. The van der Waals surface area contributed by atoms with Crippen molar-refractivity contribution in [1.82, 2.24) is 0 Å². The summed E-state index contributed by atoms with van der Waals surface area (Å²) in [6.45, 7) is 6.19. The van der Waals surface area contributed by atoms with Crippen molar-refractivity contribution in [2.75, 3.05) is 0 Å². The summed E-state index contributed by atoms with van der Waals surface area (Å²) < 4.78 is 34.4. The number of fused-ring (bicyclic) bond motifs is 1. The molecule has 0 spiro atoms. The number of nitrogens with zero attached hydrogens (tertiary/aromatic N) is 1. The van der Waals surface area contributed by atoms with Gasteiger partial charge in [-0.1, -0.05) is 17.4 Å². The quantitative estimate of drug-likeness (QED) is 0.697. The highest BCUT2D eigenvalue weighted by atomic mass is 32.2. The summed E-state index contributed by atoms with van der Waals surface area (Å²) in [6.07, 6.45) is 0.407. The summed E-state index contributed by atoms with van der Waals surface area (Å²) in [5.41, 5.74) is 2.31. The summed E-state index contributed by atoms with van der Waals surface area (Å²) in [5, 5.41) is 0.405. The van der Waals surface area contributed by atoms with Crippen LogP contribution in [0, 0.1) is 13.8 Å². The fourth-order valence-electron chi connectivity index (χ4n) is 2.05. The van der Waals surface area contributed by atoms with Crippen LogP contribution in [0.3, 0.4) is 0 Å². The Bertz CT molecular complexity index is 704. The Morgan fingerprint density at radius 1 is 1.37 bits per heavy atom. The third-order valence-electron chi connectivity index (χ3n) is 3.31. The van der Waals surface area contributed by atoms with E-state index in [1.165, 1.54) is 17.2 Å². The Kier molecular flexibility index (Phi) is 3.94. The first-order valence-corrected chi connectivity index (χ1v) is 8.47. The van der Waals surface area contributed by atoms with Crippen molar-refractivity contribution in [2.24, 2.45) is 0 Å². The molecule has 0 saturated carbocycles. The minimum absolute atomic E-state index is 0.407. The number of aromatic nitrogens is 1. The van der Waals surface area contributed by atoms with Crippen molar-refractivity contribution in [3.05, 3.63) is 28.8 Å². The standard InChI is InChI=1S/C13H17NO3S2/c1-9-4-5-13-12(8-9)14(11(3)18-13)7-6-10(2)19(15,16)17/h4-5,8,10H,6-7H2,1-3H3/p+1. The molecule has 19 heavy (non-hydrogen) atoms. The maximum atomic E-state index is 11.0. The van der Waals surface area contributed by atoms with Crippen molar-refractivity contribution in [2.45, 2.75) is 39.0 Å². The predicted molar refractivity (Wildman–Crippen MR) is 77.1 cm³/mol. The molecule has 0 amide bonds. The Balaban J connectivity index is 2.30. The van der Waals surface area contributed by atoms with Gasteiger partial charge in [0, 0.05) is 19.4 Å². The number of hydrogen-bond acceptors (Lipinski definition) is 3. The molecule has 6 heteroatoms. The maximum absolute atomic E-state index is 11.0. The Labute approximate surface area is 117 Å².